The molecule has 1 aromatic carbocycles. The lowest BCUT2D eigenvalue weighted by Gasteiger charge is -2.36. The number of nitrogens with one attached hydrogen (secondary N) is 2. The van der Waals surface area contributed by atoms with Crippen LogP contribution in [0.2, 0.25) is 5.02 Å². The first-order valence-corrected chi connectivity index (χ1v) is 12.1. The van der Waals surface area contributed by atoms with Gasteiger partial charge in [0.15, 0.2) is 5.78 Å². The monoisotopic (exact) mass is 461 g/mol. The van der Waals surface area contributed by atoms with Gasteiger partial charge in [0, 0.05) is 46.2 Å². The Morgan fingerprint density at radius 1 is 1.09 bits per heavy atom. The van der Waals surface area contributed by atoms with E-state index in [0.29, 0.717) is 29.0 Å². The Kier molecular flexibility index (Phi) is 6.07. The predicted octanol–water partition coefficient (Wildman–Crippen LogP) is 5.16. The van der Waals surface area contributed by atoms with Gasteiger partial charge < -0.3 is 10.6 Å². The van der Waals surface area contributed by atoms with Gasteiger partial charge in [-0.15, -0.1) is 0 Å². The highest BCUT2D eigenvalue weighted by Gasteiger charge is 2.41. The van der Waals surface area contributed by atoms with E-state index in [-0.39, 0.29) is 23.7 Å². The third-order valence-corrected chi connectivity index (χ3v) is 7.34. The maximum absolute atomic E-state index is 13.6. The fourth-order valence-corrected chi connectivity index (χ4v) is 5.61. The lowest BCUT2D eigenvalue weighted by Crippen LogP contribution is -2.41. The van der Waals surface area contributed by atoms with Crippen molar-refractivity contribution >= 4 is 23.3 Å². The van der Waals surface area contributed by atoms with Crippen molar-refractivity contribution in [2.24, 2.45) is 0 Å². The number of rotatable bonds is 4. The topological polar surface area (TPSA) is 71.1 Å². The molecule has 33 heavy (non-hydrogen) atoms. The van der Waals surface area contributed by atoms with E-state index in [9.17, 15) is 9.59 Å². The smallest absolute Gasteiger partial charge is 0.250 e. The molecule has 3 aliphatic rings. The van der Waals surface area contributed by atoms with Crippen LogP contribution in [0.25, 0.3) is 0 Å². The summed E-state index contributed by atoms with van der Waals surface area (Å²) in [6.07, 6.45) is 7.15. The Bertz CT molecular complexity index is 1130. The number of dihydropyridines is 1. The van der Waals surface area contributed by atoms with E-state index in [2.05, 4.69) is 15.6 Å². The Balaban J connectivity index is 1.52. The van der Waals surface area contributed by atoms with Gasteiger partial charge in [-0.3, -0.25) is 14.6 Å². The van der Waals surface area contributed by atoms with E-state index in [4.69, 9.17) is 11.6 Å². The van der Waals surface area contributed by atoms with Crippen LogP contribution in [0.3, 0.4) is 0 Å². The lowest BCUT2D eigenvalue weighted by molar-refractivity contribution is -0.118. The number of aromatic nitrogens is 1. The van der Waals surface area contributed by atoms with Crippen LogP contribution in [-0.4, -0.2) is 22.7 Å². The highest BCUT2D eigenvalue weighted by molar-refractivity contribution is 6.30. The van der Waals surface area contributed by atoms with Crippen LogP contribution in [-0.2, 0) is 9.59 Å². The molecule has 1 fully saturated rings. The van der Waals surface area contributed by atoms with Crippen LogP contribution >= 0.6 is 11.6 Å². The van der Waals surface area contributed by atoms with Crippen molar-refractivity contribution in [3.05, 3.63) is 87.5 Å². The molecule has 170 valence electrons. The van der Waals surface area contributed by atoms with Gasteiger partial charge in [-0.25, -0.2) is 0 Å². The van der Waals surface area contributed by atoms with E-state index in [1.54, 1.807) is 6.20 Å². The van der Waals surface area contributed by atoms with Gasteiger partial charge in [0.1, 0.15) is 0 Å². The van der Waals surface area contributed by atoms with Gasteiger partial charge >= 0.3 is 0 Å². The molecular formula is C27H28ClN3O2. The number of pyridine rings is 1. The predicted molar refractivity (Wildman–Crippen MR) is 129 cm³/mol. The first kappa shape index (κ1) is 21.9. The van der Waals surface area contributed by atoms with Crippen molar-refractivity contribution in [1.29, 1.82) is 0 Å². The molecule has 1 aliphatic heterocycles. The van der Waals surface area contributed by atoms with E-state index in [0.717, 1.165) is 48.3 Å². The highest BCUT2D eigenvalue weighted by atomic mass is 35.5. The van der Waals surface area contributed by atoms with Gasteiger partial charge in [-0.2, -0.15) is 0 Å². The van der Waals surface area contributed by atoms with E-state index >= 15 is 0 Å². The molecule has 0 saturated heterocycles. The van der Waals surface area contributed by atoms with Crippen LogP contribution < -0.4 is 10.6 Å². The number of benzene rings is 1. The number of Topliss-reactive ketones (excluding diaryl/α,β-unsaturated/α-hetero) is 1. The van der Waals surface area contributed by atoms with Crippen molar-refractivity contribution < 1.29 is 9.59 Å². The maximum Gasteiger partial charge on any atom is 0.250 e. The molecule has 2 atom stereocenters. The van der Waals surface area contributed by atoms with Crippen LogP contribution in [0.4, 0.5) is 0 Å². The summed E-state index contributed by atoms with van der Waals surface area (Å²) >= 11 is 6.06. The van der Waals surface area contributed by atoms with Crippen molar-refractivity contribution in [2.45, 2.75) is 63.3 Å². The normalized spacial score (nSPS) is 23.4. The second-order valence-corrected chi connectivity index (χ2v) is 9.71. The standard InChI is InChI=1S/C27H28ClN3O2/c1-16-24(27(33)31-20-6-2-3-7-20)26(21-8-4-5-13-29-21)25-22(30-16)14-18(15-23(25)32)17-9-11-19(28)12-10-17/h4-5,8-13,18,20,26,30H,2-3,6-7,14-15H2,1H3,(H,31,33)/t18-,26+/m1/s1. The summed E-state index contributed by atoms with van der Waals surface area (Å²) in [4.78, 5) is 31.6. The summed E-state index contributed by atoms with van der Waals surface area (Å²) in [6, 6.07) is 13.6. The Morgan fingerprint density at radius 3 is 2.55 bits per heavy atom. The van der Waals surface area contributed by atoms with Crippen molar-refractivity contribution in [3.63, 3.8) is 0 Å². The summed E-state index contributed by atoms with van der Waals surface area (Å²) in [5.74, 6) is -0.408. The molecule has 2 N–H and O–H groups in total. The van der Waals surface area contributed by atoms with Gasteiger partial charge in [-0.05, 0) is 61.9 Å². The number of carbonyl (C=O) groups excluding carboxylic acids is 2. The highest BCUT2D eigenvalue weighted by Crippen LogP contribution is 2.45. The lowest BCUT2D eigenvalue weighted by atomic mass is 9.72. The molecule has 2 aliphatic carbocycles. The van der Waals surface area contributed by atoms with Crippen molar-refractivity contribution in [1.82, 2.24) is 15.6 Å². The Hall–Kier alpha value is -2.92. The third kappa shape index (κ3) is 4.34. The maximum atomic E-state index is 13.6. The van der Waals surface area contributed by atoms with Crippen molar-refractivity contribution in [2.75, 3.05) is 0 Å². The zero-order chi connectivity index (χ0) is 22.9. The Labute approximate surface area is 199 Å². The fourth-order valence-electron chi connectivity index (χ4n) is 5.49. The molecule has 0 spiro atoms. The van der Waals surface area contributed by atoms with E-state index in [1.807, 2.05) is 49.4 Å². The number of halogens is 1. The van der Waals surface area contributed by atoms with E-state index in [1.165, 1.54) is 0 Å². The minimum absolute atomic E-state index is 0.0676. The molecule has 2 heterocycles. The average molecular weight is 462 g/mol. The SMILES string of the molecule is CC1=C(C(=O)NC2CCCC2)[C@H](c2ccccn2)C2=C(C[C@@H](c3ccc(Cl)cc3)CC2=O)N1. The van der Waals surface area contributed by atoms with Gasteiger partial charge in [0.2, 0.25) is 5.91 Å². The zero-order valence-electron chi connectivity index (χ0n) is 18.7. The molecule has 0 bridgehead atoms. The second-order valence-electron chi connectivity index (χ2n) is 9.28. The molecule has 2 aromatic rings. The molecule has 1 saturated carbocycles. The number of allylic oxidation sites excluding steroid dienone is 3. The fraction of sp³-hybridized carbons (Fsp3) is 0.370. The first-order valence-electron chi connectivity index (χ1n) is 11.7. The molecule has 5 nitrogen and oxygen atoms in total. The van der Waals surface area contributed by atoms with Crippen LogP contribution in [0.15, 0.2) is 71.2 Å². The van der Waals surface area contributed by atoms with Gasteiger partial charge in [0.25, 0.3) is 0 Å². The minimum atomic E-state index is -0.456. The molecule has 1 aromatic heterocycles. The molecule has 5 rings (SSSR count). The zero-order valence-corrected chi connectivity index (χ0v) is 19.5. The van der Waals surface area contributed by atoms with E-state index < -0.39 is 5.92 Å². The summed E-state index contributed by atoms with van der Waals surface area (Å²) in [6.45, 7) is 1.93. The number of ketones is 1. The number of hydrogen-bond donors (Lipinski definition) is 2. The second kappa shape index (κ2) is 9.14. The average Bonchev–Trinajstić information content (AvgIpc) is 3.32. The van der Waals surface area contributed by atoms with Gasteiger partial charge in [0.05, 0.1) is 11.6 Å². The molecule has 0 unspecified atom stereocenters. The third-order valence-electron chi connectivity index (χ3n) is 7.09. The summed E-state index contributed by atoms with van der Waals surface area (Å²) in [5.41, 5.74) is 4.82. The number of amides is 1. The summed E-state index contributed by atoms with van der Waals surface area (Å²) in [7, 11) is 0. The van der Waals surface area contributed by atoms with Crippen LogP contribution in [0, 0.1) is 0 Å². The number of nitrogens with zero attached hydrogens (tertiary/aromatic N) is 1. The van der Waals surface area contributed by atoms with Crippen LogP contribution in [0.5, 0.6) is 0 Å². The minimum Gasteiger partial charge on any atom is -0.362 e. The summed E-state index contributed by atoms with van der Waals surface area (Å²) < 4.78 is 0. The van der Waals surface area contributed by atoms with Crippen molar-refractivity contribution in [3.8, 4) is 0 Å². The molecule has 1 amide bonds. The molecular weight excluding hydrogens is 434 g/mol. The summed E-state index contributed by atoms with van der Waals surface area (Å²) in [5, 5.41) is 7.34. The molecule has 0 radical (unpaired) electrons. The number of carbonyl (C=O) groups is 2. The number of hydrogen-bond acceptors (Lipinski definition) is 4. The largest absolute Gasteiger partial charge is 0.362 e. The first-order chi connectivity index (χ1) is 16.0. The molecule has 6 heteroatoms. The van der Waals surface area contributed by atoms with Gasteiger partial charge in [-0.1, -0.05) is 42.6 Å². The van der Waals surface area contributed by atoms with Crippen LogP contribution in [0.1, 0.15) is 68.5 Å². The Morgan fingerprint density at radius 2 is 1.85 bits per heavy atom. The quantitative estimate of drug-likeness (QED) is 0.660.